The van der Waals surface area contributed by atoms with Crippen molar-refractivity contribution in [3.05, 3.63) is 52.5 Å². The van der Waals surface area contributed by atoms with Gasteiger partial charge in [-0.2, -0.15) is 0 Å². The Labute approximate surface area is 127 Å². The first kappa shape index (κ1) is 15.7. The fraction of sp³-hybridized carbons (Fsp3) is 0.143. The largest absolute Gasteiger partial charge is 0.573 e. The van der Waals surface area contributed by atoms with Gasteiger partial charge in [-0.3, -0.25) is 0 Å². The number of alkyl halides is 3. The predicted molar refractivity (Wildman–Crippen MR) is 75.2 cm³/mol. The van der Waals surface area contributed by atoms with E-state index in [4.69, 9.17) is 10.5 Å². The molecule has 0 saturated heterocycles. The van der Waals surface area contributed by atoms with E-state index in [-0.39, 0.29) is 10.2 Å². The van der Waals surface area contributed by atoms with E-state index in [2.05, 4.69) is 20.7 Å². The second-order valence-corrected chi connectivity index (χ2v) is 4.94. The molecule has 2 N–H and O–H groups in total. The van der Waals surface area contributed by atoms with E-state index in [0.717, 1.165) is 5.56 Å². The Morgan fingerprint density at radius 1 is 1.00 bits per heavy atom. The number of halogens is 4. The van der Waals surface area contributed by atoms with Crippen LogP contribution in [-0.4, -0.2) is 6.36 Å². The second-order valence-electron chi connectivity index (χ2n) is 4.09. The van der Waals surface area contributed by atoms with Crippen LogP contribution in [0.5, 0.6) is 17.2 Å². The van der Waals surface area contributed by atoms with Gasteiger partial charge in [-0.1, -0.05) is 12.1 Å². The molecule has 0 heterocycles. The van der Waals surface area contributed by atoms with Gasteiger partial charge in [0.25, 0.3) is 0 Å². The number of nitrogens with two attached hydrogens (primary N) is 1. The first-order valence-corrected chi connectivity index (χ1v) is 6.69. The number of hydrogen-bond donors (Lipinski definition) is 1. The first-order chi connectivity index (χ1) is 9.87. The molecule has 7 heteroatoms. The van der Waals surface area contributed by atoms with Crippen molar-refractivity contribution in [2.75, 3.05) is 0 Å². The van der Waals surface area contributed by atoms with Gasteiger partial charge in [-0.15, -0.1) is 13.2 Å². The molecule has 0 spiro atoms. The SMILES string of the molecule is NCc1ccc(Oc2ccc(OC(F)(F)F)c(Br)c2)cc1. The molecule has 0 amide bonds. The van der Waals surface area contributed by atoms with E-state index in [1.165, 1.54) is 18.2 Å². The zero-order chi connectivity index (χ0) is 15.5. The highest BCUT2D eigenvalue weighted by Gasteiger charge is 2.32. The Bertz CT molecular complexity index is 615. The Hall–Kier alpha value is -1.73. The summed E-state index contributed by atoms with van der Waals surface area (Å²) >= 11 is 3.01. The van der Waals surface area contributed by atoms with Gasteiger partial charge in [0, 0.05) is 6.54 Å². The molecule has 0 aliphatic rings. The monoisotopic (exact) mass is 361 g/mol. The molecule has 0 unspecified atom stereocenters. The maximum Gasteiger partial charge on any atom is 0.573 e. The third-order valence-corrected chi connectivity index (χ3v) is 3.14. The summed E-state index contributed by atoms with van der Waals surface area (Å²) in [5.74, 6) is 0.619. The van der Waals surface area contributed by atoms with Gasteiger partial charge in [-0.25, -0.2) is 0 Å². The van der Waals surface area contributed by atoms with Gasteiger partial charge in [0.15, 0.2) is 0 Å². The van der Waals surface area contributed by atoms with Crippen molar-refractivity contribution in [3.8, 4) is 17.2 Å². The first-order valence-electron chi connectivity index (χ1n) is 5.89. The lowest BCUT2D eigenvalue weighted by Gasteiger charge is -2.12. The van der Waals surface area contributed by atoms with Gasteiger partial charge >= 0.3 is 6.36 Å². The van der Waals surface area contributed by atoms with E-state index in [9.17, 15) is 13.2 Å². The van der Waals surface area contributed by atoms with E-state index in [1.54, 1.807) is 12.1 Å². The zero-order valence-electron chi connectivity index (χ0n) is 10.7. The predicted octanol–water partition coefficient (Wildman–Crippen LogP) is 4.60. The highest BCUT2D eigenvalue weighted by atomic mass is 79.9. The van der Waals surface area contributed by atoms with Crippen LogP contribution in [0.25, 0.3) is 0 Å². The van der Waals surface area contributed by atoms with Crippen molar-refractivity contribution in [2.45, 2.75) is 12.9 Å². The molecule has 0 aliphatic carbocycles. The molecule has 2 aromatic rings. The van der Waals surface area contributed by atoms with Gasteiger partial charge in [0.05, 0.1) is 4.47 Å². The van der Waals surface area contributed by atoms with Crippen LogP contribution in [0.2, 0.25) is 0 Å². The van der Waals surface area contributed by atoms with Crippen molar-refractivity contribution in [3.63, 3.8) is 0 Å². The fourth-order valence-corrected chi connectivity index (χ4v) is 2.02. The summed E-state index contributed by atoms with van der Waals surface area (Å²) in [7, 11) is 0. The van der Waals surface area contributed by atoms with Crippen LogP contribution >= 0.6 is 15.9 Å². The van der Waals surface area contributed by atoms with Crippen LogP contribution in [0.4, 0.5) is 13.2 Å². The average Bonchev–Trinajstić information content (AvgIpc) is 2.41. The summed E-state index contributed by atoms with van der Waals surface area (Å²) in [6.07, 6.45) is -4.73. The number of rotatable bonds is 4. The van der Waals surface area contributed by atoms with Crippen LogP contribution in [0.3, 0.4) is 0 Å². The van der Waals surface area contributed by atoms with E-state index in [1.807, 2.05) is 12.1 Å². The zero-order valence-corrected chi connectivity index (χ0v) is 12.2. The molecule has 112 valence electrons. The van der Waals surface area contributed by atoms with Crippen molar-refractivity contribution in [2.24, 2.45) is 5.73 Å². The summed E-state index contributed by atoms with van der Waals surface area (Å²) in [4.78, 5) is 0. The Balaban J connectivity index is 2.12. The molecule has 0 aromatic heterocycles. The lowest BCUT2D eigenvalue weighted by Crippen LogP contribution is -2.17. The van der Waals surface area contributed by atoms with E-state index < -0.39 is 6.36 Å². The molecule has 0 fully saturated rings. The Morgan fingerprint density at radius 2 is 1.62 bits per heavy atom. The summed E-state index contributed by atoms with van der Waals surface area (Å²) in [6.45, 7) is 0.426. The standard InChI is InChI=1S/C14H11BrF3NO2/c15-12-7-11(5-6-13(12)21-14(16,17)18)20-10-3-1-9(8-19)2-4-10/h1-7H,8,19H2. The van der Waals surface area contributed by atoms with Crippen LogP contribution < -0.4 is 15.2 Å². The minimum Gasteiger partial charge on any atom is -0.457 e. The number of ether oxygens (including phenoxy) is 2. The molecular formula is C14H11BrF3NO2. The van der Waals surface area contributed by atoms with Crippen LogP contribution in [0.15, 0.2) is 46.9 Å². The fourth-order valence-electron chi connectivity index (χ4n) is 1.58. The summed E-state index contributed by atoms with van der Waals surface area (Å²) in [6, 6.07) is 11.1. The van der Waals surface area contributed by atoms with Crippen LogP contribution in [0, 0.1) is 0 Å². The third-order valence-electron chi connectivity index (χ3n) is 2.52. The van der Waals surface area contributed by atoms with Gasteiger partial charge < -0.3 is 15.2 Å². The molecule has 21 heavy (non-hydrogen) atoms. The highest BCUT2D eigenvalue weighted by molar-refractivity contribution is 9.10. The second kappa shape index (κ2) is 6.36. The maximum atomic E-state index is 12.2. The van der Waals surface area contributed by atoms with Crippen LogP contribution in [0.1, 0.15) is 5.56 Å². The van der Waals surface area contributed by atoms with Crippen molar-refractivity contribution < 1.29 is 22.6 Å². The molecule has 0 aliphatic heterocycles. The molecular weight excluding hydrogens is 351 g/mol. The van der Waals surface area contributed by atoms with Gasteiger partial charge in [-0.05, 0) is 51.8 Å². The minimum absolute atomic E-state index is 0.149. The minimum atomic E-state index is -4.73. The number of hydrogen-bond acceptors (Lipinski definition) is 3. The lowest BCUT2D eigenvalue weighted by molar-refractivity contribution is -0.274. The van der Waals surface area contributed by atoms with Crippen molar-refractivity contribution >= 4 is 15.9 Å². The highest BCUT2D eigenvalue weighted by Crippen LogP contribution is 2.34. The summed E-state index contributed by atoms with van der Waals surface area (Å²) in [5.41, 5.74) is 6.44. The van der Waals surface area contributed by atoms with Crippen LogP contribution in [-0.2, 0) is 6.54 Å². The van der Waals surface area contributed by atoms with E-state index >= 15 is 0 Å². The van der Waals surface area contributed by atoms with Crippen molar-refractivity contribution in [1.29, 1.82) is 0 Å². The van der Waals surface area contributed by atoms with Gasteiger partial charge in [0.2, 0.25) is 0 Å². The molecule has 2 rings (SSSR count). The topological polar surface area (TPSA) is 44.5 Å². The molecule has 2 aromatic carbocycles. The van der Waals surface area contributed by atoms with Gasteiger partial charge in [0.1, 0.15) is 17.2 Å². The molecule has 3 nitrogen and oxygen atoms in total. The normalized spacial score (nSPS) is 11.3. The third kappa shape index (κ3) is 4.64. The Morgan fingerprint density at radius 3 is 2.14 bits per heavy atom. The molecule has 0 atom stereocenters. The van der Waals surface area contributed by atoms with Crippen molar-refractivity contribution in [1.82, 2.24) is 0 Å². The maximum absolute atomic E-state index is 12.2. The van der Waals surface area contributed by atoms with E-state index in [0.29, 0.717) is 18.0 Å². The lowest BCUT2D eigenvalue weighted by atomic mass is 10.2. The quantitative estimate of drug-likeness (QED) is 0.865. The summed E-state index contributed by atoms with van der Waals surface area (Å²) in [5, 5.41) is 0. The smallest absolute Gasteiger partial charge is 0.457 e. The molecule has 0 bridgehead atoms. The molecule has 0 radical (unpaired) electrons. The number of benzene rings is 2. The summed E-state index contributed by atoms with van der Waals surface area (Å²) < 4.78 is 46.0. The Kier molecular flexibility index (Phi) is 4.74. The molecule has 0 saturated carbocycles. The average molecular weight is 362 g/mol.